The van der Waals surface area contributed by atoms with Crippen LogP contribution in [0.3, 0.4) is 0 Å². The fraction of sp³-hybridized carbons (Fsp3) is 0.133. The average molecular weight is 255 g/mol. The quantitative estimate of drug-likeness (QED) is 0.703. The Hall–Kier alpha value is -1.87. The van der Waals surface area contributed by atoms with Gasteiger partial charge in [-0.15, -0.1) is 11.3 Å². The highest BCUT2D eigenvalue weighted by Gasteiger charge is 2.07. The molecule has 0 aliphatic carbocycles. The molecule has 0 aliphatic heterocycles. The fourth-order valence-corrected chi connectivity index (χ4v) is 2.85. The Bertz CT molecular complexity index is 730. The van der Waals surface area contributed by atoms with Crippen LogP contribution in [0.15, 0.2) is 36.4 Å². The van der Waals surface area contributed by atoms with Crippen LogP contribution < -0.4 is 0 Å². The van der Waals surface area contributed by atoms with Gasteiger partial charge in [0.25, 0.3) is 0 Å². The monoisotopic (exact) mass is 255 g/mol. The molecule has 0 amide bonds. The van der Waals surface area contributed by atoms with E-state index in [1.54, 1.807) is 17.4 Å². The van der Waals surface area contributed by atoms with Crippen LogP contribution >= 0.6 is 11.3 Å². The summed E-state index contributed by atoms with van der Waals surface area (Å²) in [5.74, 6) is 0.322. The Balaban J connectivity index is 2.16. The summed E-state index contributed by atoms with van der Waals surface area (Å²) in [6.07, 6.45) is 0. The summed E-state index contributed by atoms with van der Waals surface area (Å²) in [4.78, 5) is 4.62. The van der Waals surface area contributed by atoms with Crippen LogP contribution in [-0.2, 0) is 0 Å². The molecule has 0 radical (unpaired) electrons. The number of hydrogen-bond acceptors (Lipinski definition) is 3. The molecule has 1 aromatic heterocycles. The van der Waals surface area contributed by atoms with Gasteiger partial charge < -0.3 is 5.11 Å². The molecule has 1 heterocycles. The number of hydrogen-bond donors (Lipinski definition) is 1. The molecule has 3 heteroatoms. The number of fused-ring (bicyclic) bond motifs is 1. The van der Waals surface area contributed by atoms with Crippen molar-refractivity contribution in [2.45, 2.75) is 13.8 Å². The van der Waals surface area contributed by atoms with Crippen LogP contribution in [0, 0.1) is 13.8 Å². The molecule has 0 unspecified atom stereocenters. The van der Waals surface area contributed by atoms with Gasteiger partial charge in [0.1, 0.15) is 10.8 Å². The maximum atomic E-state index is 9.76. The molecule has 1 N–H and O–H groups in total. The third kappa shape index (κ3) is 1.87. The first kappa shape index (κ1) is 11.2. The molecule has 3 rings (SSSR count). The molecule has 0 bridgehead atoms. The third-order valence-corrected chi connectivity index (χ3v) is 4.08. The zero-order chi connectivity index (χ0) is 12.7. The molecular weight excluding hydrogens is 242 g/mol. The van der Waals surface area contributed by atoms with E-state index in [-0.39, 0.29) is 0 Å². The second kappa shape index (κ2) is 4.10. The second-order valence-electron chi connectivity index (χ2n) is 4.49. The van der Waals surface area contributed by atoms with Crippen LogP contribution in [0.5, 0.6) is 5.75 Å². The summed E-state index contributed by atoms with van der Waals surface area (Å²) in [6.45, 7) is 3.96. The lowest BCUT2D eigenvalue weighted by atomic mass is 10.1. The van der Waals surface area contributed by atoms with E-state index in [2.05, 4.69) is 30.1 Å². The van der Waals surface area contributed by atoms with Gasteiger partial charge in [0, 0.05) is 5.56 Å². The van der Waals surface area contributed by atoms with Crippen molar-refractivity contribution in [3.63, 3.8) is 0 Å². The first-order chi connectivity index (χ1) is 8.63. The van der Waals surface area contributed by atoms with Gasteiger partial charge in [0.05, 0.1) is 10.2 Å². The molecule has 2 aromatic carbocycles. The van der Waals surface area contributed by atoms with Crippen molar-refractivity contribution in [3.05, 3.63) is 47.5 Å². The van der Waals surface area contributed by atoms with Crippen molar-refractivity contribution in [1.29, 1.82) is 0 Å². The summed E-state index contributed by atoms with van der Waals surface area (Å²) in [5, 5.41) is 10.7. The van der Waals surface area contributed by atoms with Gasteiger partial charge in [-0.1, -0.05) is 18.2 Å². The molecule has 18 heavy (non-hydrogen) atoms. The topological polar surface area (TPSA) is 33.1 Å². The Labute approximate surface area is 110 Å². The van der Waals surface area contributed by atoms with Crippen molar-refractivity contribution in [2.75, 3.05) is 0 Å². The molecule has 0 saturated heterocycles. The Morgan fingerprint density at radius 1 is 1.06 bits per heavy atom. The average Bonchev–Trinajstić information content (AvgIpc) is 2.75. The Kier molecular flexibility index (Phi) is 2.56. The van der Waals surface area contributed by atoms with E-state index in [0.29, 0.717) is 5.75 Å². The predicted octanol–water partition coefficient (Wildman–Crippen LogP) is 4.29. The van der Waals surface area contributed by atoms with E-state index in [0.717, 1.165) is 21.7 Å². The maximum Gasteiger partial charge on any atom is 0.124 e. The van der Waals surface area contributed by atoms with Crippen molar-refractivity contribution >= 4 is 21.6 Å². The largest absolute Gasteiger partial charge is 0.508 e. The lowest BCUT2D eigenvalue weighted by Crippen LogP contribution is -1.79. The molecule has 90 valence electrons. The van der Waals surface area contributed by atoms with Gasteiger partial charge in [-0.25, -0.2) is 4.98 Å². The number of aromatic nitrogens is 1. The van der Waals surface area contributed by atoms with Gasteiger partial charge in [0.15, 0.2) is 0 Å². The van der Waals surface area contributed by atoms with E-state index in [1.807, 2.05) is 19.1 Å². The number of nitrogens with zero attached hydrogens (tertiary/aromatic N) is 1. The van der Waals surface area contributed by atoms with Crippen LogP contribution in [0.1, 0.15) is 11.1 Å². The molecule has 0 atom stereocenters. The number of thiazole rings is 1. The molecule has 0 aliphatic rings. The second-order valence-corrected chi connectivity index (χ2v) is 5.52. The minimum atomic E-state index is 0.322. The molecule has 2 nitrogen and oxygen atoms in total. The van der Waals surface area contributed by atoms with Gasteiger partial charge >= 0.3 is 0 Å². The van der Waals surface area contributed by atoms with E-state index >= 15 is 0 Å². The first-order valence-electron chi connectivity index (χ1n) is 5.81. The van der Waals surface area contributed by atoms with Gasteiger partial charge in [-0.05, 0) is 43.2 Å². The smallest absolute Gasteiger partial charge is 0.124 e. The molecule has 0 spiro atoms. The first-order valence-corrected chi connectivity index (χ1v) is 6.62. The number of rotatable bonds is 1. The Morgan fingerprint density at radius 3 is 2.67 bits per heavy atom. The highest BCUT2D eigenvalue weighted by Crippen LogP contribution is 2.32. The molecule has 0 saturated carbocycles. The van der Waals surface area contributed by atoms with Crippen molar-refractivity contribution in [1.82, 2.24) is 4.98 Å². The zero-order valence-corrected chi connectivity index (χ0v) is 11.1. The van der Waals surface area contributed by atoms with Crippen LogP contribution in [0.2, 0.25) is 0 Å². The summed E-state index contributed by atoms with van der Waals surface area (Å²) in [5.41, 5.74) is 4.09. The van der Waals surface area contributed by atoms with Crippen LogP contribution in [-0.4, -0.2) is 10.1 Å². The van der Waals surface area contributed by atoms with E-state index in [1.165, 1.54) is 10.3 Å². The maximum absolute atomic E-state index is 9.76. The van der Waals surface area contributed by atoms with Crippen molar-refractivity contribution in [2.24, 2.45) is 0 Å². The van der Waals surface area contributed by atoms with Gasteiger partial charge in [0.2, 0.25) is 0 Å². The number of benzene rings is 2. The van der Waals surface area contributed by atoms with E-state index in [4.69, 9.17) is 0 Å². The van der Waals surface area contributed by atoms with Gasteiger partial charge in [-0.3, -0.25) is 0 Å². The molecule has 0 fully saturated rings. The number of aromatic hydroxyl groups is 1. The lowest BCUT2D eigenvalue weighted by molar-refractivity contribution is 0.471. The van der Waals surface area contributed by atoms with Gasteiger partial charge in [-0.2, -0.15) is 0 Å². The fourth-order valence-electron chi connectivity index (χ4n) is 1.90. The molecule has 3 aromatic rings. The lowest BCUT2D eigenvalue weighted by Gasteiger charge is -2.00. The van der Waals surface area contributed by atoms with E-state index in [9.17, 15) is 5.11 Å². The van der Waals surface area contributed by atoms with Crippen molar-refractivity contribution < 1.29 is 5.11 Å². The summed E-state index contributed by atoms with van der Waals surface area (Å²) in [7, 11) is 0. The van der Waals surface area contributed by atoms with Crippen LogP contribution in [0.4, 0.5) is 0 Å². The summed E-state index contributed by atoms with van der Waals surface area (Å²) in [6, 6.07) is 12.0. The van der Waals surface area contributed by atoms with Crippen molar-refractivity contribution in [3.8, 4) is 16.3 Å². The summed E-state index contributed by atoms with van der Waals surface area (Å²) < 4.78 is 1.18. The normalized spacial score (nSPS) is 11.0. The zero-order valence-electron chi connectivity index (χ0n) is 10.3. The number of phenols is 1. The van der Waals surface area contributed by atoms with Crippen LogP contribution in [0.25, 0.3) is 20.8 Å². The highest BCUT2D eigenvalue weighted by atomic mass is 32.1. The minimum Gasteiger partial charge on any atom is -0.508 e. The SMILES string of the molecule is Cc1ccc2sc(-c3ccc(C)c(O)c3)nc2c1. The minimum absolute atomic E-state index is 0.322. The summed E-state index contributed by atoms with van der Waals surface area (Å²) >= 11 is 1.65. The standard InChI is InChI=1S/C15H13NOS/c1-9-3-6-14-12(7-9)16-15(18-14)11-5-4-10(2)13(17)8-11/h3-8,17H,1-2H3. The predicted molar refractivity (Wildman–Crippen MR) is 76.2 cm³/mol. The Morgan fingerprint density at radius 2 is 1.89 bits per heavy atom. The van der Waals surface area contributed by atoms with E-state index < -0.39 is 0 Å². The molecular formula is C15H13NOS. The number of phenolic OH excluding ortho intramolecular Hbond substituents is 1. The highest BCUT2D eigenvalue weighted by molar-refractivity contribution is 7.21. The number of aryl methyl sites for hydroxylation is 2. The third-order valence-electron chi connectivity index (χ3n) is 3.00.